The van der Waals surface area contributed by atoms with Crippen LogP contribution in [0.1, 0.15) is 0 Å². The second-order valence-corrected chi connectivity index (χ2v) is 13.1. The molecule has 0 unspecified atom stereocenters. The van der Waals surface area contributed by atoms with Gasteiger partial charge >= 0.3 is 0 Å². The summed E-state index contributed by atoms with van der Waals surface area (Å²) in [7, 11) is -14.8. The summed E-state index contributed by atoms with van der Waals surface area (Å²) in [6, 6.07) is 12.8. The van der Waals surface area contributed by atoms with Crippen molar-refractivity contribution in [2.75, 3.05) is 0 Å². The summed E-state index contributed by atoms with van der Waals surface area (Å²) >= 11 is 0.707. The van der Waals surface area contributed by atoms with Crippen LogP contribution >= 0.6 is 12.0 Å². The van der Waals surface area contributed by atoms with Crippen LogP contribution in [0.2, 0.25) is 0 Å². The Kier molecular flexibility index (Phi) is 9.22. The zero-order valence-electron chi connectivity index (χ0n) is 20.8. The molecule has 5 N–H and O–H groups in total. The fourth-order valence-electron chi connectivity index (χ4n) is 3.48. The zero-order valence-corrected chi connectivity index (χ0v) is 24.0. The molecule has 0 aliphatic rings. The molecule has 17 nitrogen and oxygen atoms in total. The van der Waals surface area contributed by atoms with Crippen molar-refractivity contribution >= 4 is 75.9 Å². The number of benzene rings is 4. The molecule has 226 valence electrons. The molecule has 0 atom stereocenters. The van der Waals surface area contributed by atoms with E-state index < -0.39 is 62.2 Å². The van der Waals surface area contributed by atoms with Crippen molar-refractivity contribution in [2.45, 2.75) is 19.6 Å². The first-order valence-corrected chi connectivity index (χ1v) is 16.1. The van der Waals surface area contributed by atoms with Gasteiger partial charge in [0.25, 0.3) is 30.4 Å². The number of hydrogen-bond acceptors (Lipinski definition) is 15. The molecule has 0 radical (unpaired) electrons. The first-order chi connectivity index (χ1) is 20.1. The van der Waals surface area contributed by atoms with Crippen LogP contribution in [0, 0.1) is 0 Å². The van der Waals surface area contributed by atoms with Crippen molar-refractivity contribution in [3.63, 3.8) is 0 Å². The normalized spacial score (nSPS) is 12.9. The van der Waals surface area contributed by atoms with Gasteiger partial charge in [-0.05, 0) is 66.0 Å². The highest BCUT2D eigenvalue weighted by atomic mass is 32.2. The highest BCUT2D eigenvalue weighted by Crippen LogP contribution is 2.42. The zero-order chi connectivity index (χ0) is 31.6. The number of phenols is 1. The minimum Gasteiger partial charge on any atom is -0.504 e. The Bertz CT molecular complexity index is 2100. The number of azo groups is 2. The second-order valence-electron chi connectivity index (χ2n) is 8.15. The molecule has 0 aliphatic heterocycles. The lowest BCUT2D eigenvalue weighted by Crippen LogP contribution is -2.00. The molecule has 0 aliphatic carbocycles. The van der Waals surface area contributed by atoms with Crippen molar-refractivity contribution < 1.29 is 58.6 Å². The molecular formula is C22H16N4O13S4. The van der Waals surface area contributed by atoms with Gasteiger partial charge in [0.15, 0.2) is 5.75 Å². The van der Waals surface area contributed by atoms with Crippen LogP contribution in [0.25, 0.3) is 10.8 Å². The van der Waals surface area contributed by atoms with E-state index in [4.69, 9.17) is 5.26 Å². The third-order valence-corrected chi connectivity index (χ3v) is 8.55. The lowest BCUT2D eigenvalue weighted by Gasteiger charge is -2.10. The molecule has 0 aromatic heterocycles. The molecule has 4 rings (SSSR count). The van der Waals surface area contributed by atoms with Gasteiger partial charge in [0.05, 0.1) is 28.3 Å². The molecule has 4 aromatic rings. The number of aromatic hydroxyl groups is 1. The summed E-state index contributed by atoms with van der Waals surface area (Å²) < 4.78 is 104. The van der Waals surface area contributed by atoms with Gasteiger partial charge in [0.1, 0.15) is 21.2 Å². The Morgan fingerprint density at radius 2 is 1.28 bits per heavy atom. The van der Waals surface area contributed by atoms with Gasteiger partial charge in [-0.3, -0.25) is 13.7 Å². The van der Waals surface area contributed by atoms with Gasteiger partial charge in [-0.15, -0.1) is 14.6 Å². The molecule has 0 saturated heterocycles. The van der Waals surface area contributed by atoms with Gasteiger partial charge in [0.2, 0.25) is 0 Å². The fourth-order valence-corrected chi connectivity index (χ4v) is 5.62. The minimum absolute atomic E-state index is 0.0542. The lowest BCUT2D eigenvalue weighted by atomic mass is 10.1. The average molecular weight is 673 g/mol. The highest BCUT2D eigenvalue weighted by molar-refractivity contribution is 7.94. The molecule has 21 heteroatoms. The molecule has 43 heavy (non-hydrogen) atoms. The average Bonchev–Trinajstić information content (AvgIpc) is 2.93. The number of rotatable bonds is 10. The Labute approximate surface area is 246 Å². The summed E-state index contributed by atoms with van der Waals surface area (Å²) in [4.78, 5) is -2.00. The van der Waals surface area contributed by atoms with E-state index in [9.17, 15) is 44.0 Å². The van der Waals surface area contributed by atoms with Crippen LogP contribution < -0.4 is 0 Å². The van der Waals surface area contributed by atoms with Crippen molar-refractivity contribution in [3.8, 4) is 5.75 Å². The van der Waals surface area contributed by atoms with E-state index in [1.807, 2.05) is 0 Å². The fraction of sp³-hybridized carbons (Fsp3) is 0. The minimum atomic E-state index is -5.10. The van der Waals surface area contributed by atoms with Gasteiger partial charge in [-0.25, -0.2) is 5.26 Å². The molecule has 0 spiro atoms. The van der Waals surface area contributed by atoms with E-state index in [0.717, 1.165) is 36.4 Å². The predicted octanol–water partition coefficient (Wildman–Crippen LogP) is 5.54. The maximum absolute atomic E-state index is 12.1. The third kappa shape index (κ3) is 7.74. The topological polar surface area (TPSA) is 271 Å². The van der Waals surface area contributed by atoms with Crippen molar-refractivity contribution in [1.29, 1.82) is 0 Å². The summed E-state index contributed by atoms with van der Waals surface area (Å²) in [5.74, 6) is -1.11. The van der Waals surface area contributed by atoms with Crippen molar-refractivity contribution in [1.82, 2.24) is 0 Å². The highest BCUT2D eigenvalue weighted by Gasteiger charge is 2.23. The number of phenolic OH excluding ortho intramolecular Hbond substituents is 1. The molecule has 0 fully saturated rings. The van der Waals surface area contributed by atoms with E-state index in [1.165, 1.54) is 18.2 Å². The Balaban J connectivity index is 1.77. The molecule has 0 bridgehead atoms. The van der Waals surface area contributed by atoms with Gasteiger partial charge < -0.3 is 5.11 Å². The summed E-state index contributed by atoms with van der Waals surface area (Å²) in [6.07, 6.45) is 0. The number of fused-ring (bicyclic) bond motifs is 1. The maximum Gasteiger partial charge on any atom is 0.298 e. The van der Waals surface area contributed by atoms with Crippen LogP contribution in [0.4, 0.5) is 22.7 Å². The van der Waals surface area contributed by atoms with Crippen molar-refractivity contribution in [2.24, 2.45) is 20.5 Å². The SMILES string of the molecule is O=S(=O)(O)c1ccc2c(N=Nc3ccc(N=Nc4ccc(SOOO)cc4)cc3S(=O)(=O)O)c(O)c(S(=O)(=O)O)cc2c1. The molecule has 0 amide bonds. The van der Waals surface area contributed by atoms with Crippen LogP contribution in [0.5, 0.6) is 5.75 Å². The smallest absolute Gasteiger partial charge is 0.298 e. The quantitative estimate of drug-likeness (QED) is 0.0455. The van der Waals surface area contributed by atoms with E-state index in [0.29, 0.717) is 22.6 Å². The van der Waals surface area contributed by atoms with Gasteiger partial charge in [0, 0.05) is 10.3 Å². The molecular weight excluding hydrogens is 657 g/mol. The van der Waals surface area contributed by atoms with Crippen LogP contribution in [-0.4, -0.2) is 49.3 Å². The molecule has 0 heterocycles. The maximum atomic E-state index is 12.1. The summed E-state index contributed by atoms with van der Waals surface area (Å²) in [5.41, 5.74) is -0.853. The van der Waals surface area contributed by atoms with Crippen LogP contribution in [-0.2, 0) is 39.7 Å². The largest absolute Gasteiger partial charge is 0.504 e. The summed E-state index contributed by atoms with van der Waals surface area (Å²) in [5, 5.41) is 37.2. The van der Waals surface area contributed by atoms with E-state index in [-0.39, 0.29) is 16.5 Å². The predicted molar refractivity (Wildman–Crippen MR) is 147 cm³/mol. The second kappa shape index (κ2) is 12.4. The Morgan fingerprint density at radius 3 is 1.88 bits per heavy atom. The number of hydrogen-bond donors (Lipinski definition) is 5. The third-order valence-electron chi connectivity index (χ3n) is 5.36. The molecule has 0 saturated carbocycles. The Hall–Kier alpha value is -3.90. The first kappa shape index (κ1) is 32.0. The number of nitrogens with zero attached hydrogens (tertiary/aromatic N) is 4. The van der Waals surface area contributed by atoms with E-state index >= 15 is 0 Å². The van der Waals surface area contributed by atoms with Gasteiger partial charge in [-0.2, -0.15) is 35.5 Å². The van der Waals surface area contributed by atoms with Crippen molar-refractivity contribution in [3.05, 3.63) is 66.7 Å². The summed E-state index contributed by atoms with van der Waals surface area (Å²) in [6.45, 7) is 0. The van der Waals surface area contributed by atoms with Crippen LogP contribution in [0.3, 0.4) is 0 Å². The first-order valence-electron chi connectivity index (χ1n) is 11.0. The van der Waals surface area contributed by atoms with Crippen LogP contribution in [0.15, 0.2) is 107 Å². The molecule has 4 aromatic carbocycles. The van der Waals surface area contributed by atoms with E-state index in [2.05, 4.69) is 29.8 Å². The lowest BCUT2D eigenvalue weighted by molar-refractivity contribution is -0.432. The van der Waals surface area contributed by atoms with E-state index in [1.54, 1.807) is 12.1 Å². The monoisotopic (exact) mass is 672 g/mol. The standard InChI is InChI=1S/C22H16N4O13S4/c27-22-20(43(35,36)37)10-12-9-16(41(29,30)31)6-7-17(12)21(22)26-25-18-8-3-14(11-19(18)42(32,33)34)24-23-13-1-4-15(5-2-13)40-39-38-28/h1-11,27-28H,(H,29,30,31)(H,32,33,34)(H,35,36,37). The Morgan fingerprint density at radius 1 is 0.651 bits per heavy atom. The van der Waals surface area contributed by atoms with Gasteiger partial charge in [-0.1, -0.05) is 11.1 Å².